The minimum absolute atomic E-state index is 0.00273. The summed E-state index contributed by atoms with van der Waals surface area (Å²) in [6.07, 6.45) is 4.17. The zero-order valence-electron chi connectivity index (χ0n) is 17.1. The van der Waals surface area contributed by atoms with E-state index in [2.05, 4.69) is 21.2 Å². The first kappa shape index (κ1) is 21.5. The van der Waals surface area contributed by atoms with Crippen molar-refractivity contribution in [3.05, 3.63) is 63.6 Å². The summed E-state index contributed by atoms with van der Waals surface area (Å²) in [5.41, 5.74) is 3.46. The number of fused-ring (bicyclic) bond motifs is 1. The Morgan fingerprint density at radius 2 is 1.83 bits per heavy atom. The second-order valence-corrected chi connectivity index (χ2v) is 11.1. The minimum Gasteiger partial charge on any atom is -0.349 e. The number of piperidine rings is 1. The zero-order chi connectivity index (χ0) is 21.3. The van der Waals surface area contributed by atoms with Crippen molar-refractivity contribution < 1.29 is 13.2 Å². The molecule has 2 aromatic rings. The lowest BCUT2D eigenvalue weighted by Crippen LogP contribution is -2.43. The van der Waals surface area contributed by atoms with Crippen LogP contribution in [0.1, 0.15) is 48.9 Å². The second kappa shape index (κ2) is 8.81. The van der Waals surface area contributed by atoms with Gasteiger partial charge in [0, 0.05) is 23.5 Å². The number of carbonyl (C=O) groups is 1. The Kier molecular flexibility index (Phi) is 6.32. The van der Waals surface area contributed by atoms with Crippen LogP contribution in [0, 0.1) is 5.92 Å². The first-order valence-corrected chi connectivity index (χ1v) is 12.8. The average molecular weight is 491 g/mol. The van der Waals surface area contributed by atoms with E-state index in [0.29, 0.717) is 30.8 Å². The predicted molar refractivity (Wildman–Crippen MR) is 121 cm³/mol. The van der Waals surface area contributed by atoms with Crippen LogP contribution in [0.4, 0.5) is 0 Å². The number of nitrogens with one attached hydrogen (secondary N) is 1. The Morgan fingerprint density at radius 3 is 2.57 bits per heavy atom. The molecule has 1 saturated heterocycles. The van der Waals surface area contributed by atoms with Gasteiger partial charge in [-0.05, 0) is 80.0 Å². The zero-order valence-corrected chi connectivity index (χ0v) is 19.5. The van der Waals surface area contributed by atoms with Gasteiger partial charge in [0.1, 0.15) is 0 Å². The second-order valence-electron chi connectivity index (χ2n) is 8.25. The maximum atomic E-state index is 13.1. The number of amides is 1. The van der Waals surface area contributed by atoms with Crippen molar-refractivity contribution >= 4 is 31.9 Å². The van der Waals surface area contributed by atoms with Crippen LogP contribution in [0.2, 0.25) is 0 Å². The molecule has 1 fully saturated rings. The largest absolute Gasteiger partial charge is 0.349 e. The van der Waals surface area contributed by atoms with E-state index in [0.717, 1.165) is 34.9 Å². The third kappa shape index (κ3) is 4.48. The van der Waals surface area contributed by atoms with Crippen molar-refractivity contribution in [2.75, 3.05) is 13.1 Å². The summed E-state index contributed by atoms with van der Waals surface area (Å²) >= 11 is 3.46. The molecule has 1 aliphatic heterocycles. The molecule has 1 N–H and O–H groups in total. The minimum atomic E-state index is -3.51. The van der Waals surface area contributed by atoms with E-state index in [4.69, 9.17) is 0 Å². The van der Waals surface area contributed by atoms with Crippen molar-refractivity contribution in [3.63, 3.8) is 0 Å². The molecule has 160 valence electrons. The van der Waals surface area contributed by atoms with Crippen molar-refractivity contribution in [2.24, 2.45) is 5.92 Å². The van der Waals surface area contributed by atoms with E-state index >= 15 is 0 Å². The van der Waals surface area contributed by atoms with Gasteiger partial charge in [0.05, 0.1) is 10.9 Å². The molecule has 4 rings (SSSR count). The molecule has 1 heterocycles. The standard InChI is InChI=1S/C23H27BrN2O3S/c1-16(19-5-3-7-21(24)14-19)25-23(27)18-10-12-26(13-11-18)30(28,29)22-9-8-17-4-2-6-20(17)15-22/h3,5,7-9,14-16,18H,2,4,6,10-13H2,1H3,(H,25,27). The van der Waals surface area contributed by atoms with E-state index in [1.807, 2.05) is 43.3 Å². The summed E-state index contributed by atoms with van der Waals surface area (Å²) in [6, 6.07) is 13.3. The van der Waals surface area contributed by atoms with Crippen molar-refractivity contribution in [2.45, 2.75) is 50.0 Å². The highest BCUT2D eigenvalue weighted by Gasteiger charge is 2.33. The van der Waals surface area contributed by atoms with Gasteiger partial charge in [0.15, 0.2) is 0 Å². The Hall–Kier alpha value is -1.70. The van der Waals surface area contributed by atoms with Gasteiger partial charge in [-0.15, -0.1) is 0 Å². The van der Waals surface area contributed by atoms with E-state index in [1.54, 1.807) is 6.07 Å². The van der Waals surface area contributed by atoms with E-state index in [9.17, 15) is 13.2 Å². The lowest BCUT2D eigenvalue weighted by molar-refractivity contribution is -0.126. The number of sulfonamides is 1. The number of nitrogens with zero attached hydrogens (tertiary/aromatic N) is 1. The average Bonchev–Trinajstić information content (AvgIpc) is 3.21. The van der Waals surface area contributed by atoms with Crippen LogP contribution in [-0.2, 0) is 27.7 Å². The van der Waals surface area contributed by atoms with Gasteiger partial charge in [-0.3, -0.25) is 4.79 Å². The Morgan fingerprint density at radius 1 is 1.10 bits per heavy atom. The summed E-state index contributed by atoms with van der Waals surface area (Å²) in [6.45, 7) is 2.72. The highest BCUT2D eigenvalue weighted by molar-refractivity contribution is 9.10. The molecule has 0 saturated carbocycles. The van der Waals surface area contributed by atoms with Gasteiger partial charge < -0.3 is 5.32 Å². The Bertz CT molecular complexity index is 1050. The number of halogens is 1. The number of benzene rings is 2. The van der Waals surface area contributed by atoms with Crippen LogP contribution in [0.15, 0.2) is 51.8 Å². The highest BCUT2D eigenvalue weighted by Crippen LogP contribution is 2.29. The van der Waals surface area contributed by atoms with E-state index < -0.39 is 10.0 Å². The number of carbonyl (C=O) groups excluding carboxylic acids is 1. The fourth-order valence-corrected chi connectivity index (χ4v) is 6.34. The number of aryl methyl sites for hydroxylation is 2. The van der Waals surface area contributed by atoms with Gasteiger partial charge in [-0.1, -0.05) is 34.1 Å². The van der Waals surface area contributed by atoms with Crippen LogP contribution in [-0.4, -0.2) is 31.7 Å². The van der Waals surface area contributed by atoms with Crippen LogP contribution in [0.25, 0.3) is 0 Å². The van der Waals surface area contributed by atoms with Crippen LogP contribution in [0.3, 0.4) is 0 Å². The van der Waals surface area contributed by atoms with Gasteiger partial charge in [-0.2, -0.15) is 4.31 Å². The molecule has 0 bridgehead atoms. The molecular weight excluding hydrogens is 464 g/mol. The lowest BCUT2D eigenvalue weighted by Gasteiger charge is -2.31. The summed E-state index contributed by atoms with van der Waals surface area (Å²) in [4.78, 5) is 13.1. The molecule has 7 heteroatoms. The summed E-state index contributed by atoms with van der Waals surface area (Å²) < 4.78 is 28.7. The highest BCUT2D eigenvalue weighted by atomic mass is 79.9. The van der Waals surface area contributed by atoms with E-state index in [1.165, 1.54) is 9.87 Å². The fraction of sp³-hybridized carbons (Fsp3) is 0.435. The fourth-order valence-electron chi connectivity index (χ4n) is 4.41. The summed E-state index contributed by atoms with van der Waals surface area (Å²) in [7, 11) is -3.51. The molecule has 0 radical (unpaired) electrons. The molecule has 30 heavy (non-hydrogen) atoms. The van der Waals surface area contributed by atoms with Crippen LogP contribution < -0.4 is 5.32 Å². The maximum Gasteiger partial charge on any atom is 0.243 e. The lowest BCUT2D eigenvalue weighted by atomic mass is 9.96. The monoisotopic (exact) mass is 490 g/mol. The molecule has 1 unspecified atom stereocenters. The van der Waals surface area contributed by atoms with Crippen molar-refractivity contribution in [1.29, 1.82) is 0 Å². The maximum absolute atomic E-state index is 13.1. The molecule has 1 amide bonds. The molecular formula is C23H27BrN2O3S. The number of hydrogen-bond donors (Lipinski definition) is 1. The third-order valence-corrected chi connectivity index (χ3v) is 8.63. The first-order chi connectivity index (χ1) is 14.3. The number of rotatable bonds is 5. The molecule has 1 atom stereocenters. The van der Waals surface area contributed by atoms with Crippen LogP contribution >= 0.6 is 15.9 Å². The molecule has 0 aromatic heterocycles. The predicted octanol–water partition coefficient (Wildman–Crippen LogP) is 4.22. The first-order valence-electron chi connectivity index (χ1n) is 10.5. The summed E-state index contributed by atoms with van der Waals surface area (Å²) in [5.74, 6) is -0.164. The van der Waals surface area contributed by atoms with Crippen molar-refractivity contribution in [1.82, 2.24) is 9.62 Å². The molecule has 0 spiro atoms. The van der Waals surface area contributed by atoms with E-state index in [-0.39, 0.29) is 17.9 Å². The third-order valence-electron chi connectivity index (χ3n) is 6.24. The SMILES string of the molecule is CC(NC(=O)C1CCN(S(=O)(=O)c2ccc3c(c2)CCC3)CC1)c1cccc(Br)c1. The Balaban J connectivity index is 1.36. The summed E-state index contributed by atoms with van der Waals surface area (Å²) in [5, 5.41) is 3.08. The van der Waals surface area contributed by atoms with Gasteiger partial charge in [0.2, 0.25) is 15.9 Å². The normalized spacial score (nSPS) is 18.7. The number of hydrogen-bond acceptors (Lipinski definition) is 3. The molecule has 2 aliphatic rings. The van der Waals surface area contributed by atoms with Crippen LogP contribution in [0.5, 0.6) is 0 Å². The Labute approximate surface area is 187 Å². The quantitative estimate of drug-likeness (QED) is 0.682. The van der Waals surface area contributed by atoms with Crippen molar-refractivity contribution in [3.8, 4) is 0 Å². The van der Waals surface area contributed by atoms with Gasteiger partial charge in [0.25, 0.3) is 0 Å². The van der Waals surface area contributed by atoms with Gasteiger partial charge in [-0.25, -0.2) is 8.42 Å². The topological polar surface area (TPSA) is 66.5 Å². The smallest absolute Gasteiger partial charge is 0.243 e. The molecule has 5 nitrogen and oxygen atoms in total. The molecule has 1 aliphatic carbocycles. The molecule has 2 aromatic carbocycles. The van der Waals surface area contributed by atoms with Gasteiger partial charge >= 0.3 is 0 Å².